The fraction of sp³-hybridized carbons (Fsp3) is 0.550. The van der Waals surface area contributed by atoms with Gasteiger partial charge in [0.05, 0.1) is 31.0 Å². The summed E-state index contributed by atoms with van der Waals surface area (Å²) in [5.41, 5.74) is 0.693. The average molecular weight is 467 g/mol. The van der Waals surface area contributed by atoms with Gasteiger partial charge in [0.2, 0.25) is 10.0 Å². The van der Waals surface area contributed by atoms with Crippen molar-refractivity contribution >= 4 is 27.8 Å². The molecule has 0 radical (unpaired) electrons. The number of aromatic nitrogens is 3. The van der Waals surface area contributed by atoms with Crippen molar-refractivity contribution in [3.63, 3.8) is 0 Å². The third-order valence-electron chi connectivity index (χ3n) is 5.60. The summed E-state index contributed by atoms with van der Waals surface area (Å²) in [4.78, 5) is 11.9. The second kappa shape index (κ2) is 9.68. The lowest BCUT2D eigenvalue weighted by Gasteiger charge is -2.26. The summed E-state index contributed by atoms with van der Waals surface area (Å²) in [7, 11) is -2.26. The molecule has 1 saturated carbocycles. The van der Waals surface area contributed by atoms with E-state index in [0.29, 0.717) is 42.8 Å². The SMILES string of the molecule is COC(=O)CSc1nnc(-c2cccc(S(=O)(=O)N3CCOCC3)c2)n1C1CCCC1. The fourth-order valence-electron chi connectivity index (χ4n) is 3.98. The Kier molecular flexibility index (Phi) is 6.95. The monoisotopic (exact) mass is 466 g/mol. The Morgan fingerprint density at radius 3 is 2.68 bits per heavy atom. The zero-order valence-electron chi connectivity index (χ0n) is 17.4. The number of hydrogen-bond acceptors (Lipinski definition) is 8. The fourth-order valence-corrected chi connectivity index (χ4v) is 6.27. The van der Waals surface area contributed by atoms with E-state index in [1.165, 1.54) is 23.2 Å². The van der Waals surface area contributed by atoms with Gasteiger partial charge < -0.3 is 9.47 Å². The zero-order valence-corrected chi connectivity index (χ0v) is 19.0. The first-order valence-corrected chi connectivity index (χ1v) is 12.8. The third kappa shape index (κ3) is 4.79. The van der Waals surface area contributed by atoms with E-state index in [0.717, 1.165) is 25.7 Å². The van der Waals surface area contributed by atoms with Crippen LogP contribution in [0.2, 0.25) is 0 Å². The number of ether oxygens (including phenoxy) is 2. The Morgan fingerprint density at radius 2 is 1.97 bits per heavy atom. The molecule has 1 aromatic heterocycles. The lowest BCUT2D eigenvalue weighted by atomic mass is 10.2. The summed E-state index contributed by atoms with van der Waals surface area (Å²) in [5.74, 6) is 0.441. The molecule has 0 N–H and O–H groups in total. The molecule has 31 heavy (non-hydrogen) atoms. The molecule has 1 aliphatic heterocycles. The molecule has 9 nitrogen and oxygen atoms in total. The molecule has 2 heterocycles. The lowest BCUT2D eigenvalue weighted by molar-refractivity contribution is -0.137. The highest BCUT2D eigenvalue weighted by atomic mass is 32.2. The van der Waals surface area contributed by atoms with Gasteiger partial charge in [-0.25, -0.2) is 8.42 Å². The maximum atomic E-state index is 13.1. The van der Waals surface area contributed by atoms with Crippen molar-refractivity contribution in [2.75, 3.05) is 39.2 Å². The Hall–Kier alpha value is -1.95. The van der Waals surface area contributed by atoms with Crippen LogP contribution in [0, 0.1) is 0 Å². The summed E-state index contributed by atoms with van der Waals surface area (Å²) in [6, 6.07) is 7.08. The van der Waals surface area contributed by atoms with Crippen molar-refractivity contribution in [3.05, 3.63) is 24.3 Å². The molecular formula is C20H26N4O5S2. The summed E-state index contributed by atoms with van der Waals surface area (Å²) < 4.78 is 39.7. The molecular weight excluding hydrogens is 440 g/mol. The van der Waals surface area contributed by atoms with Gasteiger partial charge in [0.15, 0.2) is 11.0 Å². The molecule has 4 rings (SSSR count). The standard InChI is InChI=1S/C20H26N4O5S2/c1-28-18(25)14-30-20-22-21-19(24(20)16-6-2-3-7-16)15-5-4-8-17(13-15)31(26,27)23-9-11-29-12-10-23/h4-5,8,13,16H,2-3,6-7,9-12,14H2,1H3. The molecule has 0 bridgehead atoms. The summed E-state index contributed by atoms with van der Waals surface area (Å²) in [5, 5.41) is 9.35. The molecule has 1 aromatic carbocycles. The van der Waals surface area contributed by atoms with Crippen molar-refractivity contribution in [1.82, 2.24) is 19.1 Å². The number of carbonyl (C=O) groups excluding carboxylic acids is 1. The molecule has 2 aromatic rings. The Bertz CT molecular complexity index is 1030. The van der Waals surface area contributed by atoms with Crippen LogP contribution in [0.5, 0.6) is 0 Å². The van der Waals surface area contributed by atoms with Gasteiger partial charge in [0, 0.05) is 24.7 Å². The Labute approximate surface area is 186 Å². The number of thioether (sulfide) groups is 1. The highest BCUT2D eigenvalue weighted by Gasteiger charge is 2.29. The minimum absolute atomic E-state index is 0.146. The molecule has 1 aliphatic carbocycles. The summed E-state index contributed by atoms with van der Waals surface area (Å²) >= 11 is 1.29. The van der Waals surface area contributed by atoms with Crippen molar-refractivity contribution in [3.8, 4) is 11.4 Å². The number of methoxy groups -OCH3 is 1. The molecule has 2 fully saturated rings. The van der Waals surface area contributed by atoms with Gasteiger partial charge in [-0.05, 0) is 25.0 Å². The molecule has 0 spiro atoms. The van der Waals surface area contributed by atoms with E-state index in [-0.39, 0.29) is 22.7 Å². The van der Waals surface area contributed by atoms with Crippen LogP contribution in [0.1, 0.15) is 31.7 Å². The topological polar surface area (TPSA) is 104 Å². The first-order chi connectivity index (χ1) is 15.0. The van der Waals surface area contributed by atoms with Crippen LogP contribution in [-0.4, -0.2) is 72.6 Å². The van der Waals surface area contributed by atoms with E-state index in [4.69, 9.17) is 9.47 Å². The number of carbonyl (C=O) groups is 1. The van der Waals surface area contributed by atoms with E-state index in [1.807, 2.05) is 6.07 Å². The highest BCUT2D eigenvalue weighted by molar-refractivity contribution is 7.99. The lowest BCUT2D eigenvalue weighted by Crippen LogP contribution is -2.40. The molecule has 0 amide bonds. The van der Waals surface area contributed by atoms with Crippen LogP contribution < -0.4 is 0 Å². The number of benzene rings is 1. The van der Waals surface area contributed by atoms with Gasteiger partial charge in [-0.2, -0.15) is 4.31 Å². The van der Waals surface area contributed by atoms with E-state index in [2.05, 4.69) is 14.8 Å². The number of morpholine rings is 1. The van der Waals surface area contributed by atoms with Gasteiger partial charge in [0.25, 0.3) is 0 Å². The largest absolute Gasteiger partial charge is 0.468 e. The van der Waals surface area contributed by atoms with E-state index < -0.39 is 10.0 Å². The maximum absolute atomic E-state index is 13.1. The Balaban J connectivity index is 1.68. The molecule has 168 valence electrons. The average Bonchev–Trinajstić information content (AvgIpc) is 3.47. The van der Waals surface area contributed by atoms with Gasteiger partial charge in [-0.3, -0.25) is 9.36 Å². The van der Waals surface area contributed by atoms with E-state index >= 15 is 0 Å². The first kappa shape index (κ1) is 22.3. The molecule has 1 saturated heterocycles. The van der Waals surface area contributed by atoms with Crippen LogP contribution in [0.3, 0.4) is 0 Å². The number of nitrogens with zero attached hydrogens (tertiary/aromatic N) is 4. The molecule has 0 atom stereocenters. The molecule has 0 unspecified atom stereocenters. The zero-order chi connectivity index (χ0) is 21.8. The van der Waals surface area contributed by atoms with Gasteiger partial charge in [-0.1, -0.05) is 36.7 Å². The van der Waals surface area contributed by atoms with Crippen LogP contribution in [-0.2, 0) is 24.3 Å². The summed E-state index contributed by atoms with van der Waals surface area (Å²) in [6.45, 7) is 1.49. The van der Waals surface area contributed by atoms with Crippen LogP contribution >= 0.6 is 11.8 Å². The van der Waals surface area contributed by atoms with E-state index in [9.17, 15) is 13.2 Å². The van der Waals surface area contributed by atoms with Crippen molar-refractivity contribution in [2.24, 2.45) is 0 Å². The maximum Gasteiger partial charge on any atom is 0.316 e. The van der Waals surface area contributed by atoms with Crippen molar-refractivity contribution in [2.45, 2.75) is 41.8 Å². The molecule has 11 heteroatoms. The summed E-state index contributed by atoms with van der Waals surface area (Å²) in [6.07, 6.45) is 4.24. The predicted octanol–water partition coefficient (Wildman–Crippen LogP) is 2.35. The second-order valence-electron chi connectivity index (χ2n) is 7.52. The van der Waals surface area contributed by atoms with Crippen molar-refractivity contribution in [1.29, 1.82) is 0 Å². The predicted molar refractivity (Wildman–Crippen MR) is 115 cm³/mol. The van der Waals surface area contributed by atoms with E-state index in [1.54, 1.807) is 18.2 Å². The van der Waals surface area contributed by atoms with Gasteiger partial charge >= 0.3 is 5.97 Å². The van der Waals surface area contributed by atoms with Crippen LogP contribution in [0.15, 0.2) is 34.3 Å². The number of hydrogen-bond donors (Lipinski definition) is 0. The van der Waals surface area contributed by atoms with Gasteiger partial charge in [0.1, 0.15) is 0 Å². The first-order valence-electron chi connectivity index (χ1n) is 10.3. The van der Waals surface area contributed by atoms with Gasteiger partial charge in [-0.15, -0.1) is 10.2 Å². The quantitative estimate of drug-likeness (QED) is 0.452. The minimum atomic E-state index is -3.61. The second-order valence-corrected chi connectivity index (χ2v) is 10.4. The number of sulfonamides is 1. The van der Waals surface area contributed by atoms with Crippen LogP contribution in [0.4, 0.5) is 0 Å². The smallest absolute Gasteiger partial charge is 0.316 e. The van der Waals surface area contributed by atoms with Crippen molar-refractivity contribution < 1.29 is 22.7 Å². The number of esters is 1. The number of rotatable bonds is 7. The third-order valence-corrected chi connectivity index (χ3v) is 8.41. The molecule has 2 aliphatic rings. The normalized spacial score (nSPS) is 18.4. The Morgan fingerprint density at radius 1 is 1.23 bits per heavy atom. The highest BCUT2D eigenvalue weighted by Crippen LogP contribution is 2.37. The minimum Gasteiger partial charge on any atom is -0.468 e. The van der Waals surface area contributed by atoms with Crippen LogP contribution in [0.25, 0.3) is 11.4 Å².